The molecule has 0 bridgehead atoms. The van der Waals surface area contributed by atoms with E-state index in [4.69, 9.17) is 18.9 Å². The molecule has 158 valence electrons. The van der Waals surface area contributed by atoms with Crippen LogP contribution in [0.3, 0.4) is 0 Å². The molecule has 0 saturated carbocycles. The fourth-order valence-electron chi connectivity index (χ4n) is 3.20. The molecule has 9 heteroatoms. The number of nitrogens with zero attached hydrogens (tertiary/aromatic N) is 1. The maximum Gasteiger partial charge on any atom is 0.244 e. The quantitative estimate of drug-likeness (QED) is 0.623. The Morgan fingerprint density at radius 3 is 2.21 bits per heavy atom. The van der Waals surface area contributed by atoms with Crippen molar-refractivity contribution in [3.63, 3.8) is 0 Å². The largest absolute Gasteiger partial charge is 0.496 e. The van der Waals surface area contributed by atoms with Crippen molar-refractivity contribution in [3.05, 3.63) is 42.0 Å². The maximum atomic E-state index is 13.3. The summed E-state index contributed by atoms with van der Waals surface area (Å²) in [5.74, 6) is 2.92. The predicted molar refractivity (Wildman–Crippen MR) is 113 cm³/mol. The van der Waals surface area contributed by atoms with Crippen molar-refractivity contribution in [2.24, 2.45) is 0 Å². The van der Waals surface area contributed by atoms with Crippen molar-refractivity contribution in [1.82, 2.24) is 4.31 Å². The average Bonchev–Trinajstić information content (AvgIpc) is 3.24. The maximum absolute atomic E-state index is 13.3. The Morgan fingerprint density at radius 1 is 1.00 bits per heavy atom. The first-order chi connectivity index (χ1) is 14.0. The molecular weight excluding hydrogens is 414 g/mol. The molecule has 1 aliphatic rings. The van der Waals surface area contributed by atoms with E-state index < -0.39 is 15.4 Å². The van der Waals surface area contributed by atoms with Gasteiger partial charge in [0.05, 0.1) is 38.2 Å². The van der Waals surface area contributed by atoms with Crippen LogP contribution in [-0.4, -0.2) is 53.0 Å². The monoisotopic (exact) mass is 439 g/mol. The molecule has 0 N–H and O–H groups in total. The highest BCUT2D eigenvalue weighted by atomic mass is 32.2. The van der Waals surface area contributed by atoms with Gasteiger partial charge in [-0.15, -0.1) is 11.8 Å². The molecule has 1 atom stereocenters. The van der Waals surface area contributed by atoms with Crippen LogP contribution in [-0.2, 0) is 10.0 Å². The van der Waals surface area contributed by atoms with E-state index in [2.05, 4.69) is 0 Å². The Kier molecular flexibility index (Phi) is 6.81. The SMILES string of the molecule is CCOc1ccc(S(=O)(=O)N2CCSC2c2cc(OC)c(OC)cc2OC)cc1. The van der Waals surface area contributed by atoms with E-state index in [1.54, 1.807) is 69.5 Å². The van der Waals surface area contributed by atoms with E-state index in [-0.39, 0.29) is 4.90 Å². The summed E-state index contributed by atoms with van der Waals surface area (Å²) in [7, 11) is 0.944. The lowest BCUT2D eigenvalue weighted by atomic mass is 10.1. The topological polar surface area (TPSA) is 74.3 Å². The van der Waals surface area contributed by atoms with Gasteiger partial charge in [0, 0.05) is 23.9 Å². The van der Waals surface area contributed by atoms with Gasteiger partial charge in [0.2, 0.25) is 10.0 Å². The van der Waals surface area contributed by atoms with E-state index in [0.29, 0.717) is 41.9 Å². The van der Waals surface area contributed by atoms with Crippen molar-refractivity contribution < 1.29 is 27.4 Å². The summed E-state index contributed by atoms with van der Waals surface area (Å²) in [6.07, 6.45) is 0. The highest BCUT2D eigenvalue weighted by Crippen LogP contribution is 2.47. The lowest BCUT2D eigenvalue weighted by Crippen LogP contribution is -2.30. The second-order valence-electron chi connectivity index (χ2n) is 6.19. The number of hydrogen-bond donors (Lipinski definition) is 0. The average molecular weight is 440 g/mol. The van der Waals surface area contributed by atoms with Crippen LogP contribution < -0.4 is 18.9 Å². The molecule has 0 radical (unpaired) electrons. The molecule has 1 heterocycles. The molecule has 0 amide bonds. The van der Waals surface area contributed by atoms with E-state index in [1.807, 2.05) is 6.92 Å². The minimum absolute atomic E-state index is 0.230. The number of ether oxygens (including phenoxy) is 4. The van der Waals surface area contributed by atoms with Gasteiger partial charge in [-0.05, 0) is 37.3 Å². The Bertz CT molecular complexity index is 946. The van der Waals surface area contributed by atoms with Crippen LogP contribution in [0.15, 0.2) is 41.3 Å². The molecule has 0 aromatic heterocycles. The Morgan fingerprint density at radius 2 is 1.62 bits per heavy atom. The van der Waals surface area contributed by atoms with Gasteiger partial charge < -0.3 is 18.9 Å². The Labute approximate surface area is 176 Å². The summed E-state index contributed by atoms with van der Waals surface area (Å²) >= 11 is 1.54. The summed E-state index contributed by atoms with van der Waals surface area (Å²) in [4.78, 5) is 0.230. The first kappa shape index (κ1) is 21.6. The number of benzene rings is 2. The number of methoxy groups -OCH3 is 3. The van der Waals surface area contributed by atoms with Gasteiger partial charge in [-0.1, -0.05) is 0 Å². The third-order valence-electron chi connectivity index (χ3n) is 4.59. The number of hydrogen-bond acceptors (Lipinski definition) is 7. The van der Waals surface area contributed by atoms with Crippen LogP contribution in [0.5, 0.6) is 23.0 Å². The fourth-order valence-corrected chi connectivity index (χ4v) is 6.45. The zero-order chi connectivity index (χ0) is 21.0. The summed E-state index contributed by atoms with van der Waals surface area (Å²) in [5.41, 5.74) is 0.724. The lowest BCUT2D eigenvalue weighted by molar-refractivity contribution is 0.340. The Hall–Kier alpha value is -2.10. The van der Waals surface area contributed by atoms with Crippen LogP contribution in [0.2, 0.25) is 0 Å². The van der Waals surface area contributed by atoms with Crippen LogP contribution >= 0.6 is 11.8 Å². The van der Waals surface area contributed by atoms with Gasteiger partial charge in [-0.25, -0.2) is 8.42 Å². The standard InChI is InChI=1S/C20H25NO6S2/c1-5-27-14-6-8-15(9-7-14)29(22,23)21-10-11-28-20(21)16-12-18(25-3)19(26-4)13-17(16)24-2/h6-9,12-13,20H,5,10-11H2,1-4H3. The molecule has 3 rings (SSSR count). The van der Waals surface area contributed by atoms with Gasteiger partial charge in [0.25, 0.3) is 0 Å². The zero-order valence-corrected chi connectivity index (χ0v) is 18.5. The molecule has 1 fully saturated rings. The van der Waals surface area contributed by atoms with Crippen molar-refractivity contribution in [2.75, 3.05) is 40.2 Å². The van der Waals surface area contributed by atoms with Gasteiger partial charge in [-0.2, -0.15) is 4.31 Å². The van der Waals surface area contributed by atoms with E-state index in [9.17, 15) is 8.42 Å². The van der Waals surface area contributed by atoms with Gasteiger partial charge in [0.15, 0.2) is 11.5 Å². The zero-order valence-electron chi connectivity index (χ0n) is 16.9. The van der Waals surface area contributed by atoms with Crippen LogP contribution in [0.4, 0.5) is 0 Å². The summed E-state index contributed by atoms with van der Waals surface area (Å²) in [6, 6.07) is 9.99. The first-order valence-electron chi connectivity index (χ1n) is 9.12. The van der Waals surface area contributed by atoms with Crippen LogP contribution in [0.1, 0.15) is 17.9 Å². The molecule has 0 spiro atoms. The predicted octanol–water partition coefficient (Wildman–Crippen LogP) is 3.55. The number of sulfonamides is 1. The minimum atomic E-state index is -3.70. The van der Waals surface area contributed by atoms with E-state index >= 15 is 0 Å². The molecular formula is C20H25NO6S2. The number of rotatable bonds is 8. The van der Waals surface area contributed by atoms with E-state index in [0.717, 1.165) is 5.56 Å². The molecule has 2 aromatic carbocycles. The highest BCUT2D eigenvalue weighted by molar-refractivity contribution is 8.01. The molecule has 2 aromatic rings. The first-order valence-corrected chi connectivity index (χ1v) is 11.6. The van der Waals surface area contributed by atoms with Crippen molar-refractivity contribution in [2.45, 2.75) is 17.2 Å². The van der Waals surface area contributed by atoms with Gasteiger partial charge in [-0.3, -0.25) is 0 Å². The molecule has 1 unspecified atom stereocenters. The van der Waals surface area contributed by atoms with E-state index in [1.165, 1.54) is 4.31 Å². The lowest BCUT2D eigenvalue weighted by Gasteiger charge is -2.25. The van der Waals surface area contributed by atoms with Crippen LogP contribution in [0, 0.1) is 0 Å². The second kappa shape index (κ2) is 9.15. The molecule has 29 heavy (non-hydrogen) atoms. The van der Waals surface area contributed by atoms with Crippen molar-refractivity contribution in [1.29, 1.82) is 0 Å². The van der Waals surface area contributed by atoms with Crippen molar-refractivity contribution in [3.8, 4) is 23.0 Å². The normalized spacial score (nSPS) is 17.2. The highest BCUT2D eigenvalue weighted by Gasteiger charge is 2.38. The molecule has 0 aliphatic carbocycles. The Balaban J connectivity index is 1.99. The minimum Gasteiger partial charge on any atom is -0.496 e. The van der Waals surface area contributed by atoms with Crippen molar-refractivity contribution >= 4 is 21.8 Å². The smallest absolute Gasteiger partial charge is 0.244 e. The molecule has 1 aliphatic heterocycles. The summed E-state index contributed by atoms with van der Waals surface area (Å²) in [6.45, 7) is 2.81. The van der Waals surface area contributed by atoms with Gasteiger partial charge >= 0.3 is 0 Å². The third kappa shape index (κ3) is 4.26. The molecule has 7 nitrogen and oxygen atoms in total. The summed E-state index contributed by atoms with van der Waals surface area (Å²) in [5, 5.41) is -0.429. The molecule has 1 saturated heterocycles. The third-order valence-corrected chi connectivity index (χ3v) is 7.85. The number of thioether (sulfide) groups is 1. The van der Waals surface area contributed by atoms with Gasteiger partial charge in [0.1, 0.15) is 11.5 Å². The van der Waals surface area contributed by atoms with Crippen LogP contribution in [0.25, 0.3) is 0 Å². The summed E-state index contributed by atoms with van der Waals surface area (Å²) < 4.78 is 49.9. The second-order valence-corrected chi connectivity index (χ2v) is 9.27. The fraction of sp³-hybridized carbons (Fsp3) is 0.400.